The Bertz CT molecular complexity index is 175. The first-order valence-corrected chi connectivity index (χ1v) is 3.29. The molecule has 0 heterocycles. The van der Waals surface area contributed by atoms with E-state index in [-0.39, 0.29) is 5.70 Å². The summed E-state index contributed by atoms with van der Waals surface area (Å²) in [6, 6.07) is 0. The second-order valence-corrected chi connectivity index (χ2v) is 1.69. The van der Waals surface area contributed by atoms with Crippen molar-refractivity contribution in [2.75, 3.05) is 6.61 Å². The van der Waals surface area contributed by atoms with Crippen molar-refractivity contribution >= 4 is 12.4 Å². The van der Waals surface area contributed by atoms with Crippen LogP contribution in [0.5, 0.6) is 0 Å². The average Bonchev–Trinajstić information content (AvgIpc) is 2.00. The number of hydrogen-bond acceptors (Lipinski definition) is 3. The Balaban J connectivity index is 4.04. The predicted molar refractivity (Wildman–Crippen MR) is 39.6 cm³/mol. The van der Waals surface area contributed by atoms with E-state index in [0.717, 1.165) is 0 Å². The van der Waals surface area contributed by atoms with Crippen LogP contribution in [0.4, 0.5) is 0 Å². The highest BCUT2D eigenvalue weighted by atomic mass is 16.5. The molecule has 0 rings (SSSR count). The Hall–Kier alpha value is -1.32. The van der Waals surface area contributed by atoms with Gasteiger partial charge in [0.15, 0.2) is 0 Å². The molecule has 0 atom stereocenters. The minimum atomic E-state index is -0.512. The first kappa shape index (κ1) is 9.68. The van der Waals surface area contributed by atoms with Crippen LogP contribution >= 0.6 is 0 Å². The molecule has 62 valence electrons. The van der Waals surface area contributed by atoms with Crippen molar-refractivity contribution in [3.63, 3.8) is 0 Å². The molecular weight excluding hydrogens is 146 g/mol. The Morgan fingerprint density at radius 3 is 2.64 bits per heavy atom. The van der Waals surface area contributed by atoms with Gasteiger partial charge < -0.3 is 10.1 Å². The number of rotatable bonds is 4. The van der Waals surface area contributed by atoms with E-state index >= 15 is 0 Å². The van der Waals surface area contributed by atoms with Crippen molar-refractivity contribution < 1.29 is 14.3 Å². The topological polar surface area (TPSA) is 55.4 Å². The van der Waals surface area contributed by atoms with Crippen LogP contribution in [0.1, 0.15) is 13.8 Å². The first-order valence-electron chi connectivity index (χ1n) is 3.29. The largest absolute Gasteiger partial charge is 0.461 e. The molecule has 4 nitrogen and oxygen atoms in total. The first-order chi connectivity index (χ1) is 5.26. The maximum Gasteiger partial charge on any atom is 0.354 e. The summed E-state index contributed by atoms with van der Waals surface area (Å²) >= 11 is 0. The molecule has 0 aromatic rings. The predicted octanol–water partition coefficient (Wildman–Crippen LogP) is 0.199. The summed E-state index contributed by atoms with van der Waals surface area (Å²) in [7, 11) is 0. The Morgan fingerprint density at radius 1 is 1.64 bits per heavy atom. The molecule has 0 aromatic heterocycles. The smallest absolute Gasteiger partial charge is 0.354 e. The summed E-state index contributed by atoms with van der Waals surface area (Å²) in [4.78, 5) is 20.8. The summed E-state index contributed by atoms with van der Waals surface area (Å²) in [5, 5.41) is 2.22. The molecule has 0 aliphatic rings. The van der Waals surface area contributed by atoms with Crippen LogP contribution < -0.4 is 5.32 Å². The molecule has 0 saturated carbocycles. The van der Waals surface area contributed by atoms with Crippen molar-refractivity contribution in [2.24, 2.45) is 0 Å². The van der Waals surface area contributed by atoms with Gasteiger partial charge in [0.1, 0.15) is 5.70 Å². The molecule has 0 radical (unpaired) electrons. The van der Waals surface area contributed by atoms with Gasteiger partial charge >= 0.3 is 5.97 Å². The molecule has 0 unspecified atom stereocenters. The zero-order chi connectivity index (χ0) is 8.69. The third kappa shape index (κ3) is 3.40. The molecule has 0 fully saturated rings. The SMILES string of the molecule is C/C=C(\NC=O)C(=O)OCC. The number of amides is 1. The van der Waals surface area contributed by atoms with Gasteiger partial charge in [-0.2, -0.15) is 0 Å². The highest BCUT2D eigenvalue weighted by Gasteiger charge is 2.06. The second-order valence-electron chi connectivity index (χ2n) is 1.69. The molecular formula is C7H11NO3. The Kier molecular flexibility index (Phi) is 4.81. The molecule has 0 aliphatic carbocycles. The molecule has 0 bridgehead atoms. The maximum absolute atomic E-state index is 10.9. The van der Waals surface area contributed by atoms with E-state index in [1.165, 1.54) is 6.08 Å². The minimum absolute atomic E-state index is 0.168. The van der Waals surface area contributed by atoms with Gasteiger partial charge in [-0.05, 0) is 13.8 Å². The van der Waals surface area contributed by atoms with Gasteiger partial charge in [-0.1, -0.05) is 6.08 Å². The third-order valence-corrected chi connectivity index (χ3v) is 0.998. The maximum atomic E-state index is 10.9. The molecule has 1 N–H and O–H groups in total. The van der Waals surface area contributed by atoms with Crippen molar-refractivity contribution in [3.8, 4) is 0 Å². The lowest BCUT2D eigenvalue weighted by Gasteiger charge is -2.02. The number of hydrogen-bond donors (Lipinski definition) is 1. The number of carbonyl (C=O) groups is 2. The number of carbonyl (C=O) groups excluding carboxylic acids is 2. The van der Waals surface area contributed by atoms with E-state index < -0.39 is 5.97 Å². The second kappa shape index (κ2) is 5.46. The van der Waals surface area contributed by atoms with E-state index in [4.69, 9.17) is 0 Å². The lowest BCUT2D eigenvalue weighted by Crippen LogP contribution is -2.20. The van der Waals surface area contributed by atoms with Crippen molar-refractivity contribution in [1.82, 2.24) is 5.32 Å². The fourth-order valence-corrected chi connectivity index (χ4v) is 0.532. The number of nitrogens with one attached hydrogen (secondary N) is 1. The van der Waals surface area contributed by atoms with Gasteiger partial charge in [0.2, 0.25) is 6.41 Å². The van der Waals surface area contributed by atoms with E-state index in [1.54, 1.807) is 13.8 Å². The number of ether oxygens (including phenoxy) is 1. The summed E-state index contributed by atoms with van der Waals surface area (Å²) in [6.07, 6.45) is 1.92. The molecule has 11 heavy (non-hydrogen) atoms. The highest BCUT2D eigenvalue weighted by Crippen LogP contribution is 1.91. The summed E-state index contributed by atoms with van der Waals surface area (Å²) in [5.74, 6) is -0.512. The Labute approximate surface area is 65.2 Å². The minimum Gasteiger partial charge on any atom is -0.461 e. The summed E-state index contributed by atoms with van der Waals surface area (Å²) in [5.41, 5.74) is 0.168. The van der Waals surface area contributed by atoms with Gasteiger partial charge in [-0.25, -0.2) is 4.79 Å². The third-order valence-electron chi connectivity index (χ3n) is 0.998. The van der Waals surface area contributed by atoms with Crippen molar-refractivity contribution in [2.45, 2.75) is 13.8 Å². The van der Waals surface area contributed by atoms with E-state index in [0.29, 0.717) is 13.0 Å². The van der Waals surface area contributed by atoms with Crippen molar-refractivity contribution in [3.05, 3.63) is 11.8 Å². The molecule has 4 heteroatoms. The molecule has 0 aliphatic heterocycles. The zero-order valence-electron chi connectivity index (χ0n) is 6.59. The van der Waals surface area contributed by atoms with Crippen LogP contribution in [0, 0.1) is 0 Å². The van der Waals surface area contributed by atoms with E-state index in [9.17, 15) is 9.59 Å². The summed E-state index contributed by atoms with van der Waals surface area (Å²) in [6.45, 7) is 3.64. The molecule has 1 amide bonds. The molecule has 0 saturated heterocycles. The fourth-order valence-electron chi connectivity index (χ4n) is 0.532. The fraction of sp³-hybridized carbons (Fsp3) is 0.429. The van der Waals surface area contributed by atoms with E-state index in [1.807, 2.05) is 0 Å². The van der Waals surface area contributed by atoms with Crippen LogP contribution in [0.25, 0.3) is 0 Å². The molecule has 0 aromatic carbocycles. The number of allylic oxidation sites excluding steroid dienone is 1. The van der Waals surface area contributed by atoms with Gasteiger partial charge in [-0.3, -0.25) is 4.79 Å². The highest BCUT2D eigenvalue weighted by molar-refractivity contribution is 5.90. The lowest BCUT2D eigenvalue weighted by molar-refractivity contribution is -0.139. The molecule has 0 spiro atoms. The van der Waals surface area contributed by atoms with Crippen LogP contribution in [-0.4, -0.2) is 19.0 Å². The monoisotopic (exact) mass is 157 g/mol. The van der Waals surface area contributed by atoms with Crippen molar-refractivity contribution in [1.29, 1.82) is 0 Å². The van der Waals surface area contributed by atoms with E-state index in [2.05, 4.69) is 10.1 Å². The van der Waals surface area contributed by atoms with Crippen LogP contribution in [0.3, 0.4) is 0 Å². The standard InChI is InChI=1S/C7H11NO3/c1-3-6(8-5-9)7(10)11-4-2/h3,5H,4H2,1-2H3,(H,8,9)/b6-3-. The van der Waals surface area contributed by atoms with Crippen LogP contribution in [-0.2, 0) is 14.3 Å². The number of esters is 1. The normalized spacial score (nSPS) is 10.5. The quantitative estimate of drug-likeness (QED) is 0.360. The van der Waals surface area contributed by atoms with Gasteiger partial charge in [0.25, 0.3) is 0 Å². The van der Waals surface area contributed by atoms with Crippen LogP contribution in [0.2, 0.25) is 0 Å². The van der Waals surface area contributed by atoms with Gasteiger partial charge in [0.05, 0.1) is 6.61 Å². The average molecular weight is 157 g/mol. The van der Waals surface area contributed by atoms with Gasteiger partial charge in [-0.15, -0.1) is 0 Å². The summed E-state index contributed by atoms with van der Waals surface area (Å²) < 4.78 is 4.62. The lowest BCUT2D eigenvalue weighted by atomic mass is 10.4. The van der Waals surface area contributed by atoms with Gasteiger partial charge in [0, 0.05) is 0 Å². The Morgan fingerprint density at radius 2 is 2.27 bits per heavy atom. The van der Waals surface area contributed by atoms with Crippen LogP contribution in [0.15, 0.2) is 11.8 Å². The zero-order valence-corrected chi connectivity index (χ0v) is 6.59.